The summed E-state index contributed by atoms with van der Waals surface area (Å²) >= 11 is 9.10. The molecule has 0 radical (unpaired) electrons. The summed E-state index contributed by atoms with van der Waals surface area (Å²) in [5.74, 6) is -0.496. The maximum Gasteiger partial charge on any atom is 0.271 e. The monoisotopic (exact) mass is 355 g/mol. The first-order valence-electron chi connectivity index (χ1n) is 5.34. The number of anilines is 1. The third-order valence-electron chi connectivity index (χ3n) is 2.42. The number of pyridine rings is 1. The summed E-state index contributed by atoms with van der Waals surface area (Å²) in [4.78, 5) is 26.0. The maximum absolute atomic E-state index is 12.0. The molecule has 0 saturated heterocycles. The van der Waals surface area contributed by atoms with Crippen LogP contribution in [-0.4, -0.2) is 15.8 Å². The molecule has 1 aromatic carbocycles. The molecule has 0 unspecified atom stereocenters. The second kappa shape index (κ2) is 5.98. The van der Waals surface area contributed by atoms with Crippen molar-refractivity contribution in [2.24, 2.45) is 0 Å². The number of nitrogens with one attached hydrogen (secondary N) is 1. The van der Waals surface area contributed by atoms with Crippen LogP contribution in [0.5, 0.6) is 0 Å². The van der Waals surface area contributed by atoms with E-state index in [0.29, 0.717) is 4.47 Å². The lowest BCUT2D eigenvalue weighted by atomic mass is 10.2. The minimum absolute atomic E-state index is 0.124. The molecule has 1 heterocycles. The van der Waals surface area contributed by atoms with Crippen LogP contribution in [0.4, 0.5) is 11.4 Å². The lowest BCUT2D eigenvalue weighted by molar-refractivity contribution is -0.384. The molecule has 6 nitrogen and oxygen atoms in total. The van der Waals surface area contributed by atoms with E-state index in [9.17, 15) is 14.9 Å². The van der Waals surface area contributed by atoms with Gasteiger partial charge in [-0.15, -0.1) is 0 Å². The molecule has 0 bridgehead atoms. The van der Waals surface area contributed by atoms with Crippen molar-refractivity contribution in [2.75, 3.05) is 5.32 Å². The quantitative estimate of drug-likeness (QED) is 0.672. The molecule has 1 N–H and O–H groups in total. The van der Waals surface area contributed by atoms with Gasteiger partial charge in [0.15, 0.2) is 0 Å². The maximum atomic E-state index is 12.0. The van der Waals surface area contributed by atoms with Gasteiger partial charge < -0.3 is 5.32 Å². The predicted octanol–water partition coefficient (Wildman–Crippen LogP) is 3.66. The Kier molecular flexibility index (Phi) is 4.31. The van der Waals surface area contributed by atoms with Crippen LogP contribution >= 0.6 is 27.5 Å². The van der Waals surface area contributed by atoms with Gasteiger partial charge in [0.2, 0.25) is 0 Å². The van der Waals surface area contributed by atoms with Crippen molar-refractivity contribution in [3.05, 3.63) is 61.8 Å². The van der Waals surface area contributed by atoms with Crippen molar-refractivity contribution >= 4 is 44.8 Å². The fourth-order valence-corrected chi connectivity index (χ4v) is 1.99. The Hall–Kier alpha value is -1.99. The van der Waals surface area contributed by atoms with Crippen LogP contribution in [0.2, 0.25) is 5.02 Å². The number of nitro groups is 1. The standard InChI is InChI=1S/C12H7BrClN3O3/c13-9-2-1-7(17(19)20)5-11(9)16-12(18)8-6-15-4-3-10(8)14/h1-6H,(H,16,18). The van der Waals surface area contributed by atoms with Crippen molar-refractivity contribution < 1.29 is 9.72 Å². The minimum atomic E-state index is -0.543. The molecule has 20 heavy (non-hydrogen) atoms. The second-order valence-corrected chi connectivity index (χ2v) is 4.99. The molecular formula is C12H7BrClN3O3. The molecule has 0 aliphatic rings. The van der Waals surface area contributed by atoms with E-state index in [0.717, 1.165) is 0 Å². The zero-order valence-electron chi connectivity index (χ0n) is 9.84. The van der Waals surface area contributed by atoms with Gasteiger partial charge in [0, 0.05) is 29.0 Å². The molecule has 0 aliphatic heterocycles. The number of carbonyl (C=O) groups excluding carboxylic acids is 1. The molecule has 2 rings (SSSR count). The number of hydrogen-bond acceptors (Lipinski definition) is 4. The summed E-state index contributed by atoms with van der Waals surface area (Å²) in [7, 11) is 0. The van der Waals surface area contributed by atoms with Gasteiger partial charge >= 0.3 is 0 Å². The third kappa shape index (κ3) is 3.12. The summed E-state index contributed by atoms with van der Waals surface area (Å²) in [6.07, 6.45) is 2.78. The summed E-state index contributed by atoms with van der Waals surface area (Å²) in [5.41, 5.74) is 0.345. The first kappa shape index (κ1) is 14.4. The lowest BCUT2D eigenvalue weighted by Crippen LogP contribution is -2.13. The van der Waals surface area contributed by atoms with E-state index in [2.05, 4.69) is 26.2 Å². The van der Waals surface area contributed by atoms with Crippen molar-refractivity contribution in [3.8, 4) is 0 Å². The Bertz CT molecular complexity index is 693. The van der Waals surface area contributed by atoms with E-state index in [1.54, 1.807) is 0 Å². The molecule has 0 aliphatic carbocycles. The predicted molar refractivity (Wildman–Crippen MR) is 78.0 cm³/mol. The number of benzene rings is 1. The number of hydrogen-bond donors (Lipinski definition) is 1. The minimum Gasteiger partial charge on any atom is -0.321 e. The van der Waals surface area contributed by atoms with E-state index in [1.807, 2.05) is 0 Å². The Morgan fingerprint density at radius 1 is 1.40 bits per heavy atom. The molecule has 2 aromatic rings. The highest BCUT2D eigenvalue weighted by molar-refractivity contribution is 9.10. The van der Waals surface area contributed by atoms with Gasteiger partial charge in [-0.3, -0.25) is 19.9 Å². The second-order valence-electron chi connectivity index (χ2n) is 3.73. The molecule has 1 amide bonds. The SMILES string of the molecule is O=C(Nc1cc([N+](=O)[O-])ccc1Br)c1cnccc1Cl. The van der Waals surface area contributed by atoms with Crippen LogP contribution in [0.3, 0.4) is 0 Å². The number of nitro benzene ring substituents is 1. The molecule has 0 saturated carbocycles. The fraction of sp³-hybridized carbons (Fsp3) is 0. The van der Waals surface area contributed by atoms with Crippen LogP contribution in [0.25, 0.3) is 0 Å². The van der Waals surface area contributed by atoms with Gasteiger partial charge in [-0.25, -0.2) is 0 Å². The van der Waals surface area contributed by atoms with E-state index in [1.165, 1.54) is 36.7 Å². The third-order valence-corrected chi connectivity index (χ3v) is 3.44. The topological polar surface area (TPSA) is 85.1 Å². The Morgan fingerprint density at radius 2 is 2.15 bits per heavy atom. The zero-order chi connectivity index (χ0) is 14.7. The summed E-state index contributed by atoms with van der Waals surface area (Å²) in [6, 6.07) is 5.56. The highest BCUT2D eigenvalue weighted by Crippen LogP contribution is 2.28. The molecule has 102 valence electrons. The summed E-state index contributed by atoms with van der Waals surface area (Å²) < 4.78 is 0.525. The number of carbonyl (C=O) groups is 1. The van der Waals surface area contributed by atoms with Crippen molar-refractivity contribution in [3.63, 3.8) is 0 Å². The van der Waals surface area contributed by atoms with Gasteiger partial charge in [-0.05, 0) is 28.1 Å². The van der Waals surface area contributed by atoms with Gasteiger partial charge in [-0.1, -0.05) is 11.6 Å². The molecule has 1 aromatic heterocycles. The van der Waals surface area contributed by atoms with Crippen LogP contribution in [-0.2, 0) is 0 Å². The number of halogens is 2. The first-order valence-corrected chi connectivity index (χ1v) is 6.51. The Balaban J connectivity index is 2.30. The molecule has 0 fully saturated rings. The molecule has 8 heteroatoms. The largest absolute Gasteiger partial charge is 0.321 e. The van der Waals surface area contributed by atoms with Crippen LogP contribution in [0.1, 0.15) is 10.4 Å². The van der Waals surface area contributed by atoms with Crippen LogP contribution in [0, 0.1) is 10.1 Å². The average Bonchev–Trinajstić information content (AvgIpc) is 2.41. The van der Waals surface area contributed by atoms with Crippen molar-refractivity contribution in [1.82, 2.24) is 4.98 Å². The van der Waals surface area contributed by atoms with Crippen molar-refractivity contribution in [1.29, 1.82) is 0 Å². The molecule has 0 atom stereocenters. The van der Waals surface area contributed by atoms with E-state index < -0.39 is 10.8 Å². The Morgan fingerprint density at radius 3 is 2.80 bits per heavy atom. The smallest absolute Gasteiger partial charge is 0.271 e. The summed E-state index contributed by atoms with van der Waals surface area (Å²) in [6.45, 7) is 0. The number of non-ortho nitro benzene ring substituents is 1. The van der Waals surface area contributed by atoms with Gasteiger partial charge in [0.1, 0.15) is 0 Å². The van der Waals surface area contributed by atoms with Gasteiger partial charge in [-0.2, -0.15) is 0 Å². The van der Waals surface area contributed by atoms with E-state index >= 15 is 0 Å². The van der Waals surface area contributed by atoms with Gasteiger partial charge in [0.05, 0.1) is 21.2 Å². The number of nitrogens with zero attached hydrogens (tertiary/aromatic N) is 2. The lowest BCUT2D eigenvalue weighted by Gasteiger charge is -2.08. The normalized spacial score (nSPS) is 10.1. The molecular weight excluding hydrogens is 350 g/mol. The highest BCUT2D eigenvalue weighted by atomic mass is 79.9. The van der Waals surface area contributed by atoms with Crippen molar-refractivity contribution in [2.45, 2.75) is 0 Å². The van der Waals surface area contributed by atoms with Gasteiger partial charge in [0.25, 0.3) is 11.6 Å². The average molecular weight is 357 g/mol. The number of rotatable bonds is 3. The Labute approximate surface area is 127 Å². The first-order chi connectivity index (χ1) is 9.49. The van der Waals surface area contributed by atoms with Crippen LogP contribution in [0.15, 0.2) is 41.1 Å². The molecule has 0 spiro atoms. The van der Waals surface area contributed by atoms with E-state index in [4.69, 9.17) is 11.6 Å². The number of amides is 1. The number of aromatic nitrogens is 1. The highest BCUT2D eigenvalue weighted by Gasteiger charge is 2.15. The summed E-state index contributed by atoms with van der Waals surface area (Å²) in [5, 5.41) is 13.5. The fourth-order valence-electron chi connectivity index (χ4n) is 1.46. The van der Waals surface area contributed by atoms with E-state index in [-0.39, 0.29) is 22.0 Å². The van der Waals surface area contributed by atoms with Crippen LogP contribution < -0.4 is 5.32 Å². The zero-order valence-corrected chi connectivity index (χ0v) is 12.2.